The van der Waals surface area contributed by atoms with E-state index in [1.807, 2.05) is 34.8 Å². The fraction of sp³-hybridized carbons (Fsp3) is 0.722. The molecule has 6 nitrogen and oxygen atoms in total. The Kier molecular flexibility index (Phi) is 4.37. The maximum Gasteiger partial charge on any atom is 0.270 e. The lowest BCUT2D eigenvalue weighted by molar-refractivity contribution is -0.133. The van der Waals surface area contributed by atoms with Gasteiger partial charge in [-0.2, -0.15) is 0 Å². The van der Waals surface area contributed by atoms with Crippen molar-refractivity contribution in [3.05, 3.63) is 24.0 Å². The standard InChI is InChI=1S/C18H27N3O3/c1-19-6-2-3-16(19)17(22)21-8-10-24-18(13-21)12-20(7-9-23-14-18)11-15-4-5-15/h2-3,6,15H,4-5,7-14H2,1H3/t18-/m0/s1. The zero-order chi connectivity index (χ0) is 16.6. The number of nitrogens with zero attached hydrogens (tertiary/aromatic N) is 3. The summed E-state index contributed by atoms with van der Waals surface area (Å²) in [6.07, 6.45) is 4.61. The molecule has 0 radical (unpaired) electrons. The van der Waals surface area contributed by atoms with Crippen LogP contribution in [0.3, 0.4) is 0 Å². The summed E-state index contributed by atoms with van der Waals surface area (Å²) in [5.41, 5.74) is 0.348. The highest BCUT2D eigenvalue weighted by Gasteiger charge is 2.42. The van der Waals surface area contributed by atoms with E-state index < -0.39 is 0 Å². The smallest absolute Gasteiger partial charge is 0.270 e. The Hall–Kier alpha value is -1.37. The van der Waals surface area contributed by atoms with Crippen LogP contribution >= 0.6 is 0 Å². The van der Waals surface area contributed by atoms with Crippen molar-refractivity contribution in [1.82, 2.24) is 14.4 Å². The monoisotopic (exact) mass is 333 g/mol. The van der Waals surface area contributed by atoms with Crippen molar-refractivity contribution in [2.45, 2.75) is 18.4 Å². The molecule has 4 rings (SSSR count). The normalized spacial score (nSPS) is 29.0. The number of ether oxygens (including phenoxy) is 2. The number of aryl methyl sites for hydroxylation is 1. The van der Waals surface area contributed by atoms with Gasteiger partial charge in [0.2, 0.25) is 0 Å². The number of morpholine rings is 1. The van der Waals surface area contributed by atoms with Crippen molar-refractivity contribution in [2.24, 2.45) is 13.0 Å². The lowest BCUT2D eigenvalue weighted by Crippen LogP contribution is -2.60. The van der Waals surface area contributed by atoms with Gasteiger partial charge in [0, 0.05) is 39.4 Å². The molecule has 3 heterocycles. The largest absolute Gasteiger partial charge is 0.377 e. The molecule has 1 aromatic heterocycles. The molecule has 0 aromatic carbocycles. The third kappa shape index (κ3) is 3.36. The fourth-order valence-corrected chi connectivity index (χ4v) is 3.85. The Morgan fingerprint density at radius 3 is 2.92 bits per heavy atom. The molecule has 1 spiro atoms. The Morgan fingerprint density at radius 1 is 1.29 bits per heavy atom. The molecule has 0 unspecified atom stereocenters. The average molecular weight is 333 g/mol. The van der Waals surface area contributed by atoms with E-state index in [9.17, 15) is 4.79 Å². The predicted molar refractivity (Wildman–Crippen MR) is 90.0 cm³/mol. The second kappa shape index (κ2) is 6.50. The van der Waals surface area contributed by atoms with E-state index in [1.165, 1.54) is 12.8 Å². The summed E-state index contributed by atoms with van der Waals surface area (Å²) in [4.78, 5) is 17.3. The van der Waals surface area contributed by atoms with E-state index in [0.29, 0.717) is 26.3 Å². The highest BCUT2D eigenvalue weighted by molar-refractivity contribution is 5.92. The van der Waals surface area contributed by atoms with Crippen molar-refractivity contribution >= 4 is 5.91 Å². The first kappa shape index (κ1) is 16.1. The summed E-state index contributed by atoms with van der Waals surface area (Å²) in [6.45, 7) is 6.13. The number of amides is 1. The molecule has 6 heteroatoms. The second-order valence-corrected chi connectivity index (χ2v) is 7.49. The molecule has 24 heavy (non-hydrogen) atoms. The number of hydrogen-bond acceptors (Lipinski definition) is 4. The third-order valence-electron chi connectivity index (χ3n) is 5.34. The lowest BCUT2D eigenvalue weighted by atomic mass is 10.0. The third-order valence-corrected chi connectivity index (χ3v) is 5.34. The van der Waals surface area contributed by atoms with E-state index in [0.717, 1.165) is 37.9 Å². The minimum absolute atomic E-state index is 0.0863. The summed E-state index contributed by atoms with van der Waals surface area (Å²) in [5, 5.41) is 0. The van der Waals surface area contributed by atoms with E-state index in [4.69, 9.17) is 9.47 Å². The van der Waals surface area contributed by atoms with Gasteiger partial charge in [0.1, 0.15) is 11.3 Å². The topological polar surface area (TPSA) is 46.9 Å². The molecule has 1 aliphatic carbocycles. The van der Waals surface area contributed by atoms with Gasteiger partial charge in [0.25, 0.3) is 5.91 Å². The Morgan fingerprint density at radius 2 is 2.17 bits per heavy atom. The van der Waals surface area contributed by atoms with Crippen LogP contribution in [0.15, 0.2) is 18.3 Å². The molecule has 3 fully saturated rings. The molecule has 0 bridgehead atoms. The maximum atomic E-state index is 12.9. The van der Waals surface area contributed by atoms with E-state index in [2.05, 4.69) is 4.90 Å². The number of aromatic nitrogens is 1. The molecule has 1 saturated carbocycles. The maximum absolute atomic E-state index is 12.9. The molecule has 0 N–H and O–H groups in total. The first-order valence-electron chi connectivity index (χ1n) is 9.00. The second-order valence-electron chi connectivity index (χ2n) is 7.49. The summed E-state index contributed by atoms with van der Waals surface area (Å²) in [7, 11) is 1.91. The Bertz CT molecular complexity index is 598. The van der Waals surface area contributed by atoms with Crippen molar-refractivity contribution in [3.63, 3.8) is 0 Å². The Labute approximate surface area is 143 Å². The van der Waals surface area contributed by atoms with E-state index in [-0.39, 0.29) is 11.5 Å². The number of carbonyl (C=O) groups excluding carboxylic acids is 1. The SMILES string of the molecule is Cn1cccc1C(=O)N1CCO[C@]2(COCCN(CC3CC3)C2)C1. The molecule has 2 aliphatic heterocycles. The van der Waals surface area contributed by atoms with Crippen LogP contribution in [0.2, 0.25) is 0 Å². The van der Waals surface area contributed by atoms with Crippen molar-refractivity contribution in [2.75, 3.05) is 52.5 Å². The van der Waals surface area contributed by atoms with Crippen LogP contribution < -0.4 is 0 Å². The van der Waals surface area contributed by atoms with Gasteiger partial charge < -0.3 is 18.9 Å². The van der Waals surface area contributed by atoms with Gasteiger partial charge in [-0.25, -0.2) is 0 Å². The molecule has 132 valence electrons. The van der Waals surface area contributed by atoms with Crippen molar-refractivity contribution < 1.29 is 14.3 Å². The summed E-state index contributed by atoms with van der Waals surface area (Å²) >= 11 is 0. The molecule has 3 aliphatic rings. The minimum Gasteiger partial charge on any atom is -0.377 e. The van der Waals surface area contributed by atoms with Crippen LogP contribution in [0.25, 0.3) is 0 Å². The van der Waals surface area contributed by atoms with Gasteiger partial charge in [-0.15, -0.1) is 0 Å². The van der Waals surface area contributed by atoms with Gasteiger partial charge in [0.05, 0.1) is 26.4 Å². The first-order chi connectivity index (χ1) is 11.7. The zero-order valence-corrected chi connectivity index (χ0v) is 14.4. The molecule has 1 aromatic rings. The molecule has 1 atom stereocenters. The number of hydrogen-bond donors (Lipinski definition) is 0. The minimum atomic E-state index is -0.384. The molecular formula is C18H27N3O3. The van der Waals surface area contributed by atoms with Gasteiger partial charge in [-0.1, -0.05) is 0 Å². The van der Waals surface area contributed by atoms with Crippen molar-refractivity contribution in [3.8, 4) is 0 Å². The molecule has 2 saturated heterocycles. The summed E-state index contributed by atoms with van der Waals surface area (Å²) in [6, 6.07) is 3.79. The zero-order valence-electron chi connectivity index (χ0n) is 14.4. The fourth-order valence-electron chi connectivity index (χ4n) is 3.85. The lowest BCUT2D eigenvalue weighted by Gasteiger charge is -2.43. The van der Waals surface area contributed by atoms with Gasteiger partial charge in [0.15, 0.2) is 0 Å². The highest BCUT2D eigenvalue weighted by atomic mass is 16.5. The van der Waals surface area contributed by atoms with Gasteiger partial charge >= 0.3 is 0 Å². The van der Waals surface area contributed by atoms with Crippen LogP contribution in [0.4, 0.5) is 0 Å². The van der Waals surface area contributed by atoms with Crippen LogP contribution in [0.1, 0.15) is 23.3 Å². The molecular weight excluding hydrogens is 306 g/mol. The van der Waals surface area contributed by atoms with E-state index in [1.54, 1.807) is 0 Å². The average Bonchev–Trinajstić information content (AvgIpc) is 3.32. The van der Waals surface area contributed by atoms with Crippen LogP contribution in [-0.4, -0.2) is 78.4 Å². The van der Waals surface area contributed by atoms with E-state index >= 15 is 0 Å². The summed E-state index contributed by atoms with van der Waals surface area (Å²) < 4.78 is 13.9. The first-order valence-corrected chi connectivity index (χ1v) is 9.00. The van der Waals surface area contributed by atoms with Crippen LogP contribution in [0, 0.1) is 5.92 Å². The highest BCUT2D eigenvalue weighted by Crippen LogP contribution is 2.31. The number of rotatable bonds is 3. The predicted octanol–water partition coefficient (Wildman–Crippen LogP) is 0.979. The van der Waals surface area contributed by atoms with Crippen LogP contribution in [-0.2, 0) is 16.5 Å². The van der Waals surface area contributed by atoms with Crippen LogP contribution in [0.5, 0.6) is 0 Å². The summed E-state index contributed by atoms with van der Waals surface area (Å²) in [5.74, 6) is 0.938. The van der Waals surface area contributed by atoms with Crippen molar-refractivity contribution in [1.29, 1.82) is 0 Å². The Balaban J connectivity index is 1.47. The number of carbonyl (C=O) groups is 1. The molecule has 1 amide bonds. The van der Waals surface area contributed by atoms with Gasteiger partial charge in [-0.05, 0) is 30.9 Å². The van der Waals surface area contributed by atoms with Gasteiger partial charge in [-0.3, -0.25) is 9.69 Å². The quantitative estimate of drug-likeness (QED) is 0.827.